The van der Waals surface area contributed by atoms with Crippen LogP contribution in [0.4, 0.5) is 0 Å². The second-order valence-electron chi connectivity index (χ2n) is 4.21. The molecule has 0 saturated carbocycles. The first-order chi connectivity index (χ1) is 8.18. The standard InChI is InChI=1S/C10H12N4O3/c15-7-5-11-13-6-12-3-1-2-4-14(12)10(17)8(13)9(7)16/h5,16H,1-4,6H2. The van der Waals surface area contributed by atoms with Crippen molar-refractivity contribution in [3.8, 4) is 5.75 Å². The minimum absolute atomic E-state index is 0.00403. The molecule has 1 amide bonds. The molecular formula is C10H12N4O3. The van der Waals surface area contributed by atoms with E-state index in [0.29, 0.717) is 13.2 Å². The fourth-order valence-corrected chi connectivity index (χ4v) is 2.27. The van der Waals surface area contributed by atoms with Crippen molar-refractivity contribution >= 4 is 5.91 Å². The molecule has 7 nitrogen and oxygen atoms in total. The zero-order valence-corrected chi connectivity index (χ0v) is 9.17. The molecule has 1 fully saturated rings. The summed E-state index contributed by atoms with van der Waals surface area (Å²) in [4.78, 5) is 23.4. The number of fused-ring (bicyclic) bond motifs is 2. The van der Waals surface area contributed by atoms with Crippen LogP contribution in [0, 0.1) is 0 Å². The number of rotatable bonds is 0. The van der Waals surface area contributed by atoms with E-state index in [-0.39, 0.29) is 11.6 Å². The van der Waals surface area contributed by atoms with Gasteiger partial charge in [-0.25, -0.2) is 4.68 Å². The van der Waals surface area contributed by atoms with Crippen LogP contribution < -0.4 is 5.43 Å². The Morgan fingerprint density at radius 2 is 2.00 bits per heavy atom. The molecule has 0 radical (unpaired) electrons. The van der Waals surface area contributed by atoms with E-state index in [1.807, 2.05) is 5.01 Å². The molecule has 17 heavy (non-hydrogen) atoms. The molecule has 1 N–H and O–H groups in total. The zero-order chi connectivity index (χ0) is 12.0. The lowest BCUT2D eigenvalue weighted by atomic mass is 10.2. The van der Waals surface area contributed by atoms with Gasteiger partial charge in [0.15, 0.2) is 11.4 Å². The third-order valence-electron chi connectivity index (χ3n) is 3.14. The minimum Gasteiger partial charge on any atom is -0.502 e. The van der Waals surface area contributed by atoms with Crippen LogP contribution in [-0.2, 0) is 6.67 Å². The van der Waals surface area contributed by atoms with Crippen molar-refractivity contribution in [2.75, 3.05) is 13.1 Å². The molecule has 1 aromatic rings. The van der Waals surface area contributed by atoms with Crippen LogP contribution in [-0.4, -0.2) is 43.9 Å². The molecule has 2 aliphatic heterocycles. The lowest BCUT2D eigenvalue weighted by Gasteiger charge is -2.42. The Morgan fingerprint density at radius 3 is 2.82 bits per heavy atom. The SMILES string of the molecule is O=C1c2c(O)c(=O)cnn2CN2CCCCN12. The van der Waals surface area contributed by atoms with E-state index in [9.17, 15) is 14.7 Å². The fraction of sp³-hybridized carbons (Fsp3) is 0.500. The molecular weight excluding hydrogens is 224 g/mol. The number of aromatic hydroxyl groups is 1. The molecule has 0 spiro atoms. The van der Waals surface area contributed by atoms with Crippen LogP contribution in [0.2, 0.25) is 0 Å². The van der Waals surface area contributed by atoms with Gasteiger partial charge < -0.3 is 5.11 Å². The lowest BCUT2D eigenvalue weighted by molar-refractivity contribution is -0.0658. The smallest absolute Gasteiger partial charge is 0.290 e. The summed E-state index contributed by atoms with van der Waals surface area (Å²) in [6.45, 7) is 1.82. The van der Waals surface area contributed by atoms with Gasteiger partial charge in [0.05, 0.1) is 6.20 Å². The Morgan fingerprint density at radius 1 is 1.24 bits per heavy atom. The summed E-state index contributed by atoms with van der Waals surface area (Å²) >= 11 is 0. The summed E-state index contributed by atoms with van der Waals surface area (Å²) in [5.41, 5.74) is -0.620. The molecule has 7 heteroatoms. The van der Waals surface area contributed by atoms with E-state index in [1.165, 1.54) is 4.68 Å². The predicted molar refractivity (Wildman–Crippen MR) is 57.1 cm³/mol. The molecule has 3 heterocycles. The quantitative estimate of drug-likeness (QED) is 0.649. The van der Waals surface area contributed by atoms with E-state index in [1.54, 1.807) is 5.01 Å². The minimum atomic E-state index is -0.616. The van der Waals surface area contributed by atoms with Gasteiger partial charge in [0.25, 0.3) is 5.91 Å². The Labute approximate surface area is 96.8 Å². The van der Waals surface area contributed by atoms with Gasteiger partial charge in [-0.1, -0.05) is 0 Å². The fourth-order valence-electron chi connectivity index (χ4n) is 2.27. The zero-order valence-electron chi connectivity index (χ0n) is 9.17. The topological polar surface area (TPSA) is 78.7 Å². The maximum absolute atomic E-state index is 12.1. The first-order valence-corrected chi connectivity index (χ1v) is 5.54. The second-order valence-corrected chi connectivity index (χ2v) is 4.21. The van der Waals surface area contributed by atoms with Crippen molar-refractivity contribution in [1.82, 2.24) is 19.8 Å². The Hall–Kier alpha value is -1.89. The molecule has 0 atom stereocenters. The molecule has 0 unspecified atom stereocenters. The Kier molecular flexibility index (Phi) is 2.15. The van der Waals surface area contributed by atoms with Crippen molar-refractivity contribution in [1.29, 1.82) is 0 Å². The van der Waals surface area contributed by atoms with E-state index in [4.69, 9.17) is 0 Å². The van der Waals surface area contributed by atoms with Crippen molar-refractivity contribution in [3.63, 3.8) is 0 Å². The average Bonchev–Trinajstić information content (AvgIpc) is 2.34. The van der Waals surface area contributed by atoms with Gasteiger partial charge in [0.1, 0.15) is 6.67 Å². The van der Waals surface area contributed by atoms with Crippen LogP contribution in [0.15, 0.2) is 11.0 Å². The van der Waals surface area contributed by atoms with Gasteiger partial charge in [0, 0.05) is 13.1 Å². The molecule has 90 valence electrons. The highest BCUT2D eigenvalue weighted by Crippen LogP contribution is 2.23. The molecule has 0 aromatic carbocycles. The number of aromatic nitrogens is 2. The Balaban J connectivity index is 2.13. The number of hydrogen-bond donors (Lipinski definition) is 1. The number of carbonyl (C=O) groups is 1. The van der Waals surface area contributed by atoms with E-state index in [2.05, 4.69) is 5.10 Å². The summed E-state index contributed by atoms with van der Waals surface area (Å²) in [7, 11) is 0. The first-order valence-electron chi connectivity index (χ1n) is 5.54. The maximum Gasteiger partial charge on any atom is 0.290 e. The lowest BCUT2D eigenvalue weighted by Crippen LogP contribution is -2.55. The first kappa shape index (κ1) is 10.3. The normalized spacial score (nSPS) is 20.0. The highest BCUT2D eigenvalue weighted by molar-refractivity contribution is 5.95. The molecule has 1 saturated heterocycles. The van der Waals surface area contributed by atoms with Gasteiger partial charge >= 0.3 is 0 Å². The molecule has 2 aliphatic rings. The number of nitrogens with zero attached hydrogens (tertiary/aromatic N) is 4. The van der Waals surface area contributed by atoms with Gasteiger partial charge in [-0.15, -0.1) is 0 Å². The van der Waals surface area contributed by atoms with E-state index >= 15 is 0 Å². The highest BCUT2D eigenvalue weighted by Gasteiger charge is 2.35. The third-order valence-corrected chi connectivity index (χ3v) is 3.14. The van der Waals surface area contributed by atoms with Gasteiger partial charge in [-0.2, -0.15) is 10.1 Å². The van der Waals surface area contributed by atoms with Crippen LogP contribution in [0.3, 0.4) is 0 Å². The monoisotopic (exact) mass is 236 g/mol. The number of carbonyl (C=O) groups excluding carboxylic acids is 1. The van der Waals surface area contributed by atoms with Crippen LogP contribution in [0.25, 0.3) is 0 Å². The van der Waals surface area contributed by atoms with Crippen LogP contribution in [0.1, 0.15) is 23.3 Å². The molecule has 0 aliphatic carbocycles. The molecule has 3 rings (SSSR count). The van der Waals surface area contributed by atoms with Crippen molar-refractivity contribution in [3.05, 3.63) is 22.1 Å². The number of amides is 1. The van der Waals surface area contributed by atoms with Crippen molar-refractivity contribution < 1.29 is 9.90 Å². The second kappa shape index (κ2) is 3.56. The van der Waals surface area contributed by atoms with Crippen molar-refractivity contribution in [2.24, 2.45) is 0 Å². The number of hydrazine groups is 1. The van der Waals surface area contributed by atoms with Crippen LogP contribution >= 0.6 is 0 Å². The van der Waals surface area contributed by atoms with Gasteiger partial charge in [-0.3, -0.25) is 14.6 Å². The summed E-state index contributed by atoms with van der Waals surface area (Å²) in [6.07, 6.45) is 3.00. The molecule has 0 bridgehead atoms. The average molecular weight is 236 g/mol. The van der Waals surface area contributed by atoms with E-state index in [0.717, 1.165) is 25.6 Å². The van der Waals surface area contributed by atoms with Crippen LogP contribution in [0.5, 0.6) is 5.75 Å². The molecule has 1 aromatic heterocycles. The largest absolute Gasteiger partial charge is 0.502 e. The van der Waals surface area contributed by atoms with Gasteiger partial charge in [0.2, 0.25) is 5.43 Å². The predicted octanol–water partition coefficient (Wildman–Crippen LogP) is -0.627. The number of hydrogen-bond acceptors (Lipinski definition) is 5. The Bertz CT molecular complexity index is 539. The van der Waals surface area contributed by atoms with Gasteiger partial charge in [-0.05, 0) is 12.8 Å². The maximum atomic E-state index is 12.1. The summed E-state index contributed by atoms with van der Waals surface area (Å²) in [5.74, 6) is -0.853. The summed E-state index contributed by atoms with van der Waals surface area (Å²) < 4.78 is 1.38. The highest BCUT2D eigenvalue weighted by atomic mass is 16.3. The van der Waals surface area contributed by atoms with Crippen molar-refractivity contribution in [2.45, 2.75) is 19.5 Å². The third kappa shape index (κ3) is 1.42. The van der Waals surface area contributed by atoms with E-state index < -0.39 is 11.2 Å². The summed E-state index contributed by atoms with van der Waals surface area (Å²) in [5, 5.41) is 17.0. The summed E-state index contributed by atoms with van der Waals surface area (Å²) in [6, 6.07) is 0.